The van der Waals surface area contributed by atoms with E-state index in [0.717, 1.165) is 61.0 Å². The lowest BCUT2D eigenvalue weighted by Gasteiger charge is -2.10. The minimum Gasteiger partial charge on any atom is -0.455 e. The molecule has 0 amide bonds. The predicted molar refractivity (Wildman–Crippen MR) is 134 cm³/mol. The van der Waals surface area contributed by atoms with E-state index in [2.05, 4.69) is 54.0 Å². The summed E-state index contributed by atoms with van der Waals surface area (Å²) in [6, 6.07) is 31.0. The highest BCUT2D eigenvalue weighted by atomic mass is 16.3. The van der Waals surface area contributed by atoms with Crippen molar-refractivity contribution in [2.24, 2.45) is 0 Å². The van der Waals surface area contributed by atoms with Gasteiger partial charge in [-0.25, -0.2) is 4.98 Å². The zero-order valence-corrected chi connectivity index (χ0v) is 18.0. The molecule has 0 spiro atoms. The number of pyridine rings is 1. The van der Waals surface area contributed by atoms with E-state index in [1.165, 1.54) is 5.56 Å². The van der Waals surface area contributed by atoms with Gasteiger partial charge < -0.3 is 4.42 Å². The van der Waals surface area contributed by atoms with Gasteiger partial charge in [-0.1, -0.05) is 60.7 Å². The second-order valence-electron chi connectivity index (χ2n) is 8.35. The number of imidazole rings is 1. The van der Waals surface area contributed by atoms with Gasteiger partial charge >= 0.3 is 0 Å². The Labute approximate surface area is 189 Å². The van der Waals surface area contributed by atoms with Crippen LogP contribution in [0.1, 0.15) is 5.56 Å². The van der Waals surface area contributed by atoms with Crippen molar-refractivity contribution in [3.8, 4) is 17.1 Å². The molecule has 3 heterocycles. The summed E-state index contributed by atoms with van der Waals surface area (Å²) in [4.78, 5) is 9.93. The zero-order valence-electron chi connectivity index (χ0n) is 18.0. The van der Waals surface area contributed by atoms with Gasteiger partial charge in [0.25, 0.3) is 0 Å². The Kier molecular flexibility index (Phi) is 3.73. The normalized spacial score (nSPS) is 11.8. The lowest BCUT2D eigenvalue weighted by atomic mass is 10.0. The molecule has 7 rings (SSSR count). The zero-order chi connectivity index (χ0) is 21.9. The molecule has 0 saturated carbocycles. The number of aryl methyl sites for hydroxylation is 1. The van der Waals surface area contributed by atoms with Crippen LogP contribution < -0.4 is 0 Å². The van der Waals surface area contributed by atoms with Crippen molar-refractivity contribution < 1.29 is 4.42 Å². The Bertz CT molecular complexity index is 1830. The number of benzene rings is 4. The molecule has 0 bridgehead atoms. The van der Waals surface area contributed by atoms with Gasteiger partial charge in [0, 0.05) is 21.8 Å². The van der Waals surface area contributed by atoms with E-state index in [9.17, 15) is 0 Å². The molecule has 156 valence electrons. The van der Waals surface area contributed by atoms with Crippen molar-refractivity contribution in [2.75, 3.05) is 0 Å². The fourth-order valence-electron chi connectivity index (χ4n) is 4.86. The van der Waals surface area contributed by atoms with Gasteiger partial charge in [-0.05, 0) is 42.8 Å². The van der Waals surface area contributed by atoms with Crippen LogP contribution in [0.3, 0.4) is 0 Å². The van der Waals surface area contributed by atoms with Crippen LogP contribution in [0.4, 0.5) is 0 Å². The first-order chi connectivity index (χ1) is 16.3. The van der Waals surface area contributed by atoms with E-state index in [4.69, 9.17) is 14.4 Å². The second kappa shape index (κ2) is 6.78. The van der Waals surface area contributed by atoms with Gasteiger partial charge in [0.05, 0.1) is 22.8 Å². The monoisotopic (exact) mass is 425 g/mol. The Balaban J connectivity index is 1.66. The van der Waals surface area contributed by atoms with Crippen molar-refractivity contribution >= 4 is 43.9 Å². The van der Waals surface area contributed by atoms with E-state index >= 15 is 0 Å². The summed E-state index contributed by atoms with van der Waals surface area (Å²) in [6.07, 6.45) is 1.92. The third-order valence-electron chi connectivity index (χ3n) is 6.39. The standard InChI is InChI=1S/C29H19N3O/c1-18-15-16-22(28-26(18)21-12-6-8-14-25(21)33-28)29-31-27-20-11-5-7-13-23(20)30-17-24(27)32(29)19-9-3-2-4-10-19/h2-17H,1H3. The average molecular weight is 425 g/mol. The molecule has 0 unspecified atom stereocenters. The molecule has 0 N–H and O–H groups in total. The van der Waals surface area contributed by atoms with Gasteiger partial charge in [-0.3, -0.25) is 9.55 Å². The van der Waals surface area contributed by atoms with Crippen LogP contribution >= 0.6 is 0 Å². The molecule has 4 nitrogen and oxygen atoms in total. The second-order valence-corrected chi connectivity index (χ2v) is 8.35. The quantitative estimate of drug-likeness (QED) is 0.289. The number of furan rings is 1. The molecule has 0 saturated heterocycles. The first-order valence-electron chi connectivity index (χ1n) is 11.0. The van der Waals surface area contributed by atoms with Crippen LogP contribution in [0.25, 0.3) is 61.0 Å². The molecule has 4 aromatic carbocycles. The molecule has 0 atom stereocenters. The van der Waals surface area contributed by atoms with Crippen molar-refractivity contribution in [1.82, 2.24) is 14.5 Å². The fourth-order valence-corrected chi connectivity index (χ4v) is 4.86. The number of aromatic nitrogens is 3. The van der Waals surface area contributed by atoms with Crippen LogP contribution in [-0.2, 0) is 0 Å². The van der Waals surface area contributed by atoms with Gasteiger partial charge in [0.15, 0.2) is 0 Å². The molecular weight excluding hydrogens is 406 g/mol. The largest absolute Gasteiger partial charge is 0.455 e. The van der Waals surface area contributed by atoms with E-state index in [1.807, 2.05) is 54.7 Å². The summed E-state index contributed by atoms with van der Waals surface area (Å²) in [7, 11) is 0. The Morgan fingerprint density at radius 3 is 2.39 bits per heavy atom. The molecule has 4 heteroatoms. The fraction of sp³-hybridized carbons (Fsp3) is 0.0345. The summed E-state index contributed by atoms with van der Waals surface area (Å²) < 4.78 is 8.61. The maximum absolute atomic E-state index is 6.42. The van der Waals surface area contributed by atoms with Crippen LogP contribution in [0.15, 0.2) is 102 Å². The van der Waals surface area contributed by atoms with Crippen LogP contribution in [0.2, 0.25) is 0 Å². The Morgan fingerprint density at radius 1 is 0.758 bits per heavy atom. The van der Waals surface area contributed by atoms with E-state index in [-0.39, 0.29) is 0 Å². The molecular formula is C29H19N3O. The maximum Gasteiger partial charge on any atom is 0.149 e. The molecule has 0 radical (unpaired) electrons. The lowest BCUT2D eigenvalue weighted by molar-refractivity contribution is 0.669. The highest BCUT2D eigenvalue weighted by Gasteiger charge is 2.21. The first-order valence-corrected chi connectivity index (χ1v) is 11.0. The smallest absolute Gasteiger partial charge is 0.149 e. The van der Waals surface area contributed by atoms with Crippen LogP contribution in [-0.4, -0.2) is 14.5 Å². The van der Waals surface area contributed by atoms with Gasteiger partial charge in [0.2, 0.25) is 0 Å². The first kappa shape index (κ1) is 18.2. The number of nitrogens with zero attached hydrogens (tertiary/aromatic N) is 3. The lowest BCUT2D eigenvalue weighted by Crippen LogP contribution is -1.98. The summed E-state index contributed by atoms with van der Waals surface area (Å²) in [6.45, 7) is 2.13. The number of hydrogen-bond acceptors (Lipinski definition) is 3. The number of fused-ring (bicyclic) bond motifs is 6. The van der Waals surface area contributed by atoms with Crippen molar-refractivity contribution in [1.29, 1.82) is 0 Å². The number of rotatable bonds is 2. The molecule has 7 aromatic rings. The topological polar surface area (TPSA) is 43.9 Å². The molecule has 0 fully saturated rings. The summed E-state index contributed by atoms with van der Waals surface area (Å²) in [5.74, 6) is 0.846. The molecule has 0 aliphatic rings. The van der Waals surface area contributed by atoms with E-state index in [1.54, 1.807) is 0 Å². The van der Waals surface area contributed by atoms with Crippen molar-refractivity contribution in [3.05, 3.63) is 103 Å². The van der Waals surface area contributed by atoms with Crippen molar-refractivity contribution in [3.63, 3.8) is 0 Å². The minimum atomic E-state index is 0.846. The summed E-state index contributed by atoms with van der Waals surface area (Å²) in [5, 5.41) is 3.30. The highest BCUT2D eigenvalue weighted by Crippen LogP contribution is 2.39. The average Bonchev–Trinajstić information content (AvgIpc) is 3.44. The molecule has 0 aliphatic carbocycles. The van der Waals surface area contributed by atoms with Crippen LogP contribution in [0.5, 0.6) is 0 Å². The Hall–Kier alpha value is -4.44. The Morgan fingerprint density at radius 2 is 1.52 bits per heavy atom. The molecule has 0 aliphatic heterocycles. The van der Waals surface area contributed by atoms with Crippen molar-refractivity contribution in [2.45, 2.75) is 6.92 Å². The molecule has 33 heavy (non-hydrogen) atoms. The molecule has 3 aromatic heterocycles. The van der Waals surface area contributed by atoms with Gasteiger partial charge in [-0.2, -0.15) is 0 Å². The van der Waals surface area contributed by atoms with Gasteiger partial charge in [-0.15, -0.1) is 0 Å². The van der Waals surface area contributed by atoms with E-state index < -0.39 is 0 Å². The van der Waals surface area contributed by atoms with Gasteiger partial charge in [0.1, 0.15) is 22.5 Å². The SMILES string of the molecule is Cc1ccc(-c2nc3c4ccccc4ncc3n2-c2ccccc2)c2oc3ccccc3c12. The number of hydrogen-bond donors (Lipinski definition) is 0. The summed E-state index contributed by atoms with van der Waals surface area (Å²) in [5.41, 5.74) is 7.79. The third-order valence-corrected chi connectivity index (χ3v) is 6.39. The highest BCUT2D eigenvalue weighted by molar-refractivity contribution is 6.12. The number of para-hydroxylation sites is 3. The summed E-state index contributed by atoms with van der Waals surface area (Å²) >= 11 is 0. The van der Waals surface area contributed by atoms with E-state index in [0.29, 0.717) is 0 Å². The predicted octanol–water partition coefficient (Wildman–Crippen LogP) is 7.45. The third kappa shape index (κ3) is 2.58. The van der Waals surface area contributed by atoms with Crippen LogP contribution in [0, 0.1) is 6.92 Å². The minimum absolute atomic E-state index is 0.846. The maximum atomic E-state index is 6.42.